The van der Waals surface area contributed by atoms with Gasteiger partial charge in [0.25, 0.3) is 0 Å². The van der Waals surface area contributed by atoms with E-state index in [1.54, 1.807) is 0 Å². The number of aromatic amines is 1. The molecular weight excluding hydrogens is 267 g/mol. The Morgan fingerprint density at radius 1 is 1.30 bits per heavy atom. The van der Waals surface area contributed by atoms with Crippen LogP contribution in [0.1, 0.15) is 32.0 Å². The van der Waals surface area contributed by atoms with Crippen LogP contribution in [-0.2, 0) is 0 Å². The molecule has 2 unspecified atom stereocenters. The van der Waals surface area contributed by atoms with E-state index in [1.165, 1.54) is 37.2 Å². The molecule has 0 radical (unpaired) electrons. The van der Waals surface area contributed by atoms with E-state index in [1.807, 2.05) is 6.20 Å². The number of rotatable bonds is 4. The van der Waals surface area contributed by atoms with Gasteiger partial charge >= 0.3 is 0 Å². The van der Waals surface area contributed by atoms with E-state index in [4.69, 9.17) is 4.84 Å². The third-order valence-corrected chi connectivity index (χ3v) is 5.41. The Bertz CT molecular complexity index is 583. The molecule has 1 fully saturated rings. The first-order chi connectivity index (χ1) is 9.71. The highest BCUT2D eigenvalue weighted by molar-refractivity contribution is 7.30. The largest absolute Gasteiger partial charge is 0.404 e. The predicted octanol–water partition coefficient (Wildman–Crippen LogP) is 4.72. The van der Waals surface area contributed by atoms with E-state index in [9.17, 15) is 0 Å². The van der Waals surface area contributed by atoms with Crippen molar-refractivity contribution in [3.63, 3.8) is 0 Å². The molecule has 0 amide bonds. The van der Waals surface area contributed by atoms with Crippen LogP contribution >= 0.6 is 8.19 Å². The first-order valence-corrected chi connectivity index (χ1v) is 8.54. The maximum Gasteiger partial charge on any atom is 0.172 e. The van der Waals surface area contributed by atoms with Crippen molar-refractivity contribution in [1.29, 1.82) is 0 Å². The molecule has 1 N–H and O–H groups in total. The van der Waals surface area contributed by atoms with Crippen LogP contribution in [0.5, 0.6) is 5.75 Å². The van der Waals surface area contributed by atoms with E-state index in [-0.39, 0.29) is 0 Å². The summed E-state index contributed by atoms with van der Waals surface area (Å²) >= 11 is 0. The van der Waals surface area contributed by atoms with Crippen molar-refractivity contribution >= 4 is 19.1 Å². The van der Waals surface area contributed by atoms with Crippen molar-refractivity contribution in [2.24, 2.45) is 11.8 Å². The molecular formula is C16H23N2OP. The molecule has 0 saturated carbocycles. The molecule has 2 atom stereocenters. The highest BCUT2D eigenvalue weighted by atomic mass is 31.0. The van der Waals surface area contributed by atoms with E-state index < -0.39 is 0 Å². The summed E-state index contributed by atoms with van der Waals surface area (Å²) in [6.45, 7) is 8.84. The topological polar surface area (TPSA) is 28.3 Å². The summed E-state index contributed by atoms with van der Waals surface area (Å²) in [6, 6.07) is 2.23. The van der Waals surface area contributed by atoms with Gasteiger partial charge in [-0.1, -0.05) is 34.9 Å². The normalized spacial score (nSPS) is 23.9. The Hall–Kier alpha value is -1.05. The van der Waals surface area contributed by atoms with Gasteiger partial charge in [0, 0.05) is 24.7 Å². The zero-order chi connectivity index (χ0) is 14.1. The van der Waals surface area contributed by atoms with E-state index in [2.05, 4.69) is 42.7 Å². The smallest absolute Gasteiger partial charge is 0.172 e. The summed E-state index contributed by atoms with van der Waals surface area (Å²) in [7, 11) is 1.28. The molecule has 3 nitrogen and oxygen atoms in total. The lowest BCUT2D eigenvalue weighted by atomic mass is 9.92. The minimum Gasteiger partial charge on any atom is -0.404 e. The second-order valence-corrected chi connectivity index (χ2v) is 7.02. The molecule has 1 aliphatic rings. The third-order valence-electron chi connectivity index (χ3n) is 4.48. The Morgan fingerprint density at radius 2 is 2.00 bits per heavy atom. The number of hydroxylamine groups is 2. The number of hydrogen-bond acceptors (Lipinski definition) is 2. The van der Waals surface area contributed by atoms with Crippen molar-refractivity contribution in [2.45, 2.75) is 33.6 Å². The van der Waals surface area contributed by atoms with Gasteiger partial charge in [-0.3, -0.25) is 0 Å². The van der Waals surface area contributed by atoms with Crippen LogP contribution in [0, 0.1) is 18.8 Å². The molecule has 20 heavy (non-hydrogen) atoms. The molecule has 0 bridgehead atoms. The fourth-order valence-corrected chi connectivity index (χ4v) is 3.96. The van der Waals surface area contributed by atoms with Crippen molar-refractivity contribution in [3.05, 3.63) is 23.4 Å². The number of H-pyrrole nitrogens is 1. The number of fused-ring (bicyclic) bond motifs is 1. The molecule has 1 saturated heterocycles. The van der Waals surface area contributed by atoms with Crippen LogP contribution in [-0.4, -0.2) is 23.1 Å². The van der Waals surface area contributed by atoms with E-state index in [0.717, 1.165) is 30.7 Å². The highest BCUT2D eigenvalue weighted by Gasteiger charge is 2.31. The number of hydrogen-bond donors (Lipinski definition) is 1. The van der Waals surface area contributed by atoms with Crippen molar-refractivity contribution < 1.29 is 4.84 Å². The van der Waals surface area contributed by atoms with Gasteiger partial charge in [-0.2, -0.15) is 0 Å². The summed E-state index contributed by atoms with van der Waals surface area (Å²) < 4.78 is 0. The monoisotopic (exact) mass is 290 g/mol. The fraction of sp³-hybridized carbons (Fsp3) is 0.562. The van der Waals surface area contributed by atoms with Crippen molar-refractivity contribution in [2.75, 3.05) is 13.1 Å². The third kappa shape index (κ3) is 2.57. The Labute approximate surface area is 122 Å². The lowest BCUT2D eigenvalue weighted by Crippen LogP contribution is -2.24. The van der Waals surface area contributed by atoms with E-state index in [0.29, 0.717) is 0 Å². The summed E-state index contributed by atoms with van der Waals surface area (Å²) in [5, 5.41) is 4.72. The molecule has 108 valence electrons. The first-order valence-electron chi connectivity index (χ1n) is 7.57. The van der Waals surface area contributed by atoms with Gasteiger partial charge in [0.2, 0.25) is 0 Å². The van der Waals surface area contributed by atoms with Gasteiger partial charge < -0.3 is 9.82 Å². The lowest BCUT2D eigenvalue weighted by molar-refractivity contribution is -0.0393. The van der Waals surface area contributed by atoms with Gasteiger partial charge in [0.05, 0.1) is 5.52 Å². The summed E-state index contributed by atoms with van der Waals surface area (Å²) in [4.78, 5) is 9.47. The Morgan fingerprint density at radius 3 is 2.65 bits per heavy atom. The van der Waals surface area contributed by atoms with Crippen LogP contribution in [0.3, 0.4) is 0 Å². The van der Waals surface area contributed by atoms with Crippen LogP contribution < -0.4 is 4.84 Å². The lowest BCUT2D eigenvalue weighted by Gasteiger charge is -2.16. The summed E-state index contributed by atoms with van der Waals surface area (Å²) in [6.07, 6.45) is 4.48. The van der Waals surface area contributed by atoms with Crippen molar-refractivity contribution in [3.8, 4) is 5.75 Å². The van der Waals surface area contributed by atoms with E-state index >= 15 is 0 Å². The van der Waals surface area contributed by atoms with Crippen LogP contribution in [0.15, 0.2) is 18.1 Å². The standard InChI is InChI=1S/C16H23N2OP/c1-4-12-8-18(9-13(12)5-2)19-16-7-17-15-10-20-11(3)6-14(15)16/h6-7,10,12-13,17H,4-5,8-9H2,1-3H3. The molecule has 0 spiro atoms. The van der Waals surface area contributed by atoms with Gasteiger partial charge in [-0.15, -0.1) is 5.06 Å². The average molecular weight is 290 g/mol. The molecule has 0 aliphatic carbocycles. The minimum atomic E-state index is 0.775. The maximum absolute atomic E-state index is 6.16. The molecule has 1 aliphatic heterocycles. The fourth-order valence-electron chi connectivity index (χ4n) is 3.21. The molecule has 3 rings (SSSR count). The Kier molecular flexibility index (Phi) is 4.00. The molecule has 0 aromatic carbocycles. The quantitative estimate of drug-likeness (QED) is 0.882. The second kappa shape index (κ2) is 5.75. The van der Waals surface area contributed by atoms with Gasteiger partial charge in [-0.25, -0.2) is 0 Å². The van der Waals surface area contributed by atoms with Gasteiger partial charge in [0.1, 0.15) is 0 Å². The number of nitrogens with zero attached hydrogens (tertiary/aromatic N) is 1. The van der Waals surface area contributed by atoms with Crippen LogP contribution in [0.4, 0.5) is 0 Å². The highest BCUT2D eigenvalue weighted by Crippen LogP contribution is 2.33. The molecule has 2 aromatic heterocycles. The van der Waals surface area contributed by atoms with Gasteiger partial charge in [-0.05, 0) is 35.9 Å². The number of aryl methyl sites for hydroxylation is 1. The molecule has 2 aromatic rings. The molecule has 3 heterocycles. The van der Waals surface area contributed by atoms with Crippen LogP contribution in [0.2, 0.25) is 0 Å². The summed E-state index contributed by atoms with van der Waals surface area (Å²) in [5.74, 6) is 4.73. The van der Waals surface area contributed by atoms with Crippen LogP contribution in [0.25, 0.3) is 10.9 Å². The average Bonchev–Trinajstić information content (AvgIpc) is 3.03. The Balaban J connectivity index is 1.78. The minimum absolute atomic E-state index is 0.775. The number of nitrogens with one attached hydrogen (secondary N) is 1. The zero-order valence-electron chi connectivity index (χ0n) is 12.5. The van der Waals surface area contributed by atoms with Crippen molar-refractivity contribution in [1.82, 2.24) is 10.0 Å². The second-order valence-electron chi connectivity index (χ2n) is 5.80. The number of aromatic nitrogens is 1. The summed E-state index contributed by atoms with van der Waals surface area (Å²) in [5.41, 5.74) is 1.19. The maximum atomic E-state index is 6.16. The zero-order valence-corrected chi connectivity index (χ0v) is 13.4. The first kappa shape index (κ1) is 13.9. The van der Waals surface area contributed by atoms with Gasteiger partial charge in [0.15, 0.2) is 5.75 Å². The SMILES string of the molecule is CCC1CN(Oc2c[nH]c3cpc(C)cc23)CC1CC. The predicted molar refractivity (Wildman–Crippen MR) is 85.3 cm³/mol. The molecule has 4 heteroatoms.